The number of rotatable bonds is 8. The number of anilines is 2. The van der Waals surface area contributed by atoms with Crippen molar-refractivity contribution in [2.24, 2.45) is 5.92 Å². The van der Waals surface area contributed by atoms with Gasteiger partial charge in [0.15, 0.2) is 5.79 Å². The monoisotopic (exact) mass is 484 g/mol. The zero-order valence-electron chi connectivity index (χ0n) is 20.0. The van der Waals surface area contributed by atoms with Crippen molar-refractivity contribution in [3.8, 4) is 10.6 Å². The minimum Gasteiger partial charge on any atom is -0.396 e. The number of fused-ring (bicyclic) bond motifs is 2. The first kappa shape index (κ1) is 23.4. The maximum Gasteiger partial charge on any atom is 0.224 e. The van der Waals surface area contributed by atoms with E-state index < -0.39 is 5.79 Å². The topological polar surface area (TPSA) is 113 Å². The lowest BCUT2D eigenvalue weighted by Gasteiger charge is -2.25. The van der Waals surface area contributed by atoms with Crippen LogP contribution in [0.3, 0.4) is 0 Å². The predicted molar refractivity (Wildman–Crippen MR) is 134 cm³/mol. The number of nitrogens with zero attached hydrogens (tertiary/aromatic N) is 3. The molecular formula is C24H32N6O3S. The van der Waals surface area contributed by atoms with Crippen LogP contribution in [0.15, 0.2) is 24.3 Å². The second-order valence-corrected chi connectivity index (χ2v) is 10.4. The van der Waals surface area contributed by atoms with Gasteiger partial charge in [0, 0.05) is 25.6 Å². The molecule has 5 rings (SSSR count). The summed E-state index contributed by atoms with van der Waals surface area (Å²) in [4.78, 5) is 14.5. The molecule has 1 aliphatic carbocycles. The van der Waals surface area contributed by atoms with E-state index in [2.05, 4.69) is 22.0 Å². The van der Waals surface area contributed by atoms with Crippen LogP contribution in [-0.2, 0) is 9.47 Å². The van der Waals surface area contributed by atoms with Gasteiger partial charge < -0.3 is 30.5 Å². The molecule has 0 spiro atoms. The fourth-order valence-corrected chi connectivity index (χ4v) is 5.94. The van der Waals surface area contributed by atoms with Crippen molar-refractivity contribution in [2.45, 2.75) is 51.2 Å². The number of likely N-dealkylation sites (N-methyl/N-ethyl adjacent to an activating group) is 1. The zero-order valence-corrected chi connectivity index (χ0v) is 20.8. The largest absolute Gasteiger partial charge is 0.396 e. The first-order valence-corrected chi connectivity index (χ1v) is 12.6. The van der Waals surface area contributed by atoms with Gasteiger partial charge in [-0.3, -0.25) is 0 Å². The first-order valence-electron chi connectivity index (χ1n) is 11.7. The molecule has 4 atom stereocenters. The van der Waals surface area contributed by atoms with Crippen molar-refractivity contribution in [3.05, 3.63) is 30.0 Å². The summed E-state index contributed by atoms with van der Waals surface area (Å²) >= 11 is 1.63. The molecule has 0 radical (unpaired) electrons. The first-order chi connectivity index (χ1) is 16.4. The number of hydrogen-bond acceptors (Lipinski definition) is 10. The molecule has 3 heterocycles. The van der Waals surface area contributed by atoms with Crippen LogP contribution in [0.1, 0.15) is 26.0 Å². The number of thiazole rings is 1. The van der Waals surface area contributed by atoms with E-state index in [1.54, 1.807) is 11.3 Å². The molecule has 0 bridgehead atoms. The fourth-order valence-electron chi connectivity index (χ4n) is 4.87. The summed E-state index contributed by atoms with van der Waals surface area (Å²) < 4.78 is 13.5. The zero-order chi connectivity index (χ0) is 23.9. The molecule has 1 aromatic carbocycles. The minimum atomic E-state index is -0.680. The molecule has 2 aliphatic rings. The molecule has 10 heteroatoms. The summed E-state index contributed by atoms with van der Waals surface area (Å²) in [6, 6.07) is 8.05. The summed E-state index contributed by atoms with van der Waals surface area (Å²) in [7, 11) is 1.91. The van der Waals surface area contributed by atoms with Crippen LogP contribution in [0.25, 0.3) is 20.8 Å². The Kier molecular flexibility index (Phi) is 6.43. The van der Waals surface area contributed by atoms with Crippen molar-refractivity contribution in [1.29, 1.82) is 0 Å². The smallest absolute Gasteiger partial charge is 0.224 e. The Hall–Kier alpha value is -2.37. The van der Waals surface area contributed by atoms with Gasteiger partial charge in [-0.25, -0.2) is 9.97 Å². The number of para-hydroxylation sites is 1. The highest BCUT2D eigenvalue weighted by molar-refractivity contribution is 7.21. The number of aromatic nitrogens is 3. The molecule has 3 aromatic rings. The third-order valence-electron chi connectivity index (χ3n) is 6.39. The minimum absolute atomic E-state index is 0.00586. The van der Waals surface area contributed by atoms with Crippen LogP contribution in [0, 0.1) is 12.8 Å². The van der Waals surface area contributed by atoms with Crippen LogP contribution >= 0.6 is 11.3 Å². The average Bonchev–Trinajstić information content (AvgIpc) is 3.44. The van der Waals surface area contributed by atoms with E-state index in [9.17, 15) is 5.11 Å². The van der Waals surface area contributed by atoms with Crippen molar-refractivity contribution in [3.63, 3.8) is 0 Å². The Morgan fingerprint density at radius 1 is 1.12 bits per heavy atom. The van der Waals surface area contributed by atoms with Crippen LogP contribution in [0.5, 0.6) is 0 Å². The Morgan fingerprint density at radius 3 is 2.68 bits per heavy atom. The van der Waals surface area contributed by atoms with E-state index in [0.717, 1.165) is 39.4 Å². The van der Waals surface area contributed by atoms with Gasteiger partial charge in [0.2, 0.25) is 5.95 Å². The summed E-state index contributed by atoms with van der Waals surface area (Å²) in [5, 5.41) is 20.9. The Morgan fingerprint density at radius 2 is 1.91 bits per heavy atom. The van der Waals surface area contributed by atoms with Crippen molar-refractivity contribution < 1.29 is 14.6 Å². The van der Waals surface area contributed by atoms with Crippen LogP contribution in [0.4, 0.5) is 11.8 Å². The Labute approximate surface area is 203 Å². The van der Waals surface area contributed by atoms with E-state index in [1.807, 2.05) is 46.0 Å². The average molecular weight is 485 g/mol. The lowest BCUT2D eigenvalue weighted by molar-refractivity contribution is -0.158. The lowest BCUT2D eigenvalue weighted by atomic mass is 10.1. The Bertz CT molecular complexity index is 1140. The van der Waals surface area contributed by atoms with E-state index >= 15 is 0 Å². The highest BCUT2D eigenvalue weighted by atomic mass is 32.1. The molecule has 34 heavy (non-hydrogen) atoms. The van der Waals surface area contributed by atoms with Crippen molar-refractivity contribution >= 4 is 33.3 Å². The molecule has 1 aliphatic heterocycles. The maximum atomic E-state index is 9.98. The number of nitrogens with one attached hydrogen (secondary N) is 3. The molecule has 182 valence electrons. The van der Waals surface area contributed by atoms with Crippen LogP contribution in [-0.4, -0.2) is 70.8 Å². The summed E-state index contributed by atoms with van der Waals surface area (Å²) in [5.41, 5.74) is 2.70. The summed E-state index contributed by atoms with van der Waals surface area (Å²) in [6.07, 6.45) is 0.401. The molecule has 9 nitrogen and oxygen atoms in total. The molecule has 2 fully saturated rings. The predicted octanol–water partition coefficient (Wildman–Crippen LogP) is 3.01. The van der Waals surface area contributed by atoms with Gasteiger partial charge in [0.05, 0.1) is 33.6 Å². The van der Waals surface area contributed by atoms with Gasteiger partial charge in [-0.15, -0.1) is 11.3 Å². The molecule has 0 amide bonds. The molecule has 2 aromatic heterocycles. The van der Waals surface area contributed by atoms with Gasteiger partial charge in [-0.1, -0.05) is 12.1 Å². The molecule has 1 saturated carbocycles. The second kappa shape index (κ2) is 9.35. The van der Waals surface area contributed by atoms with E-state index in [4.69, 9.17) is 24.4 Å². The number of hydrogen-bond donors (Lipinski definition) is 4. The highest BCUT2D eigenvalue weighted by Crippen LogP contribution is 2.44. The summed E-state index contributed by atoms with van der Waals surface area (Å²) in [6.45, 7) is 7.40. The van der Waals surface area contributed by atoms with Gasteiger partial charge in [0.1, 0.15) is 16.9 Å². The lowest BCUT2D eigenvalue weighted by Crippen LogP contribution is -2.35. The van der Waals surface area contributed by atoms with Gasteiger partial charge in [-0.05, 0) is 46.4 Å². The van der Waals surface area contributed by atoms with Gasteiger partial charge in [0.25, 0.3) is 0 Å². The standard InChI is InChI=1S/C24H32N6O3S/c1-13-18(22-29-15-7-5-6-8-17(15)34-22)21(30-23(27-13)26-10-9-25-4)28-16-11-14(12-31)19-20(16)33-24(2,3)32-19/h5-8,14,16,19-20,25,31H,9-12H2,1-4H3,(H2,26,27,28,30)/t14-,16-,19-,20+/m1/s1. The molecule has 0 unspecified atom stereocenters. The highest BCUT2D eigenvalue weighted by Gasteiger charge is 2.54. The van der Waals surface area contributed by atoms with E-state index in [0.29, 0.717) is 18.3 Å². The fraction of sp³-hybridized carbons (Fsp3) is 0.542. The third-order valence-corrected chi connectivity index (χ3v) is 7.45. The number of benzene rings is 1. The quantitative estimate of drug-likeness (QED) is 0.358. The SMILES string of the molecule is CNCCNc1nc(C)c(-c2nc3ccccc3s2)c(N[C@@H]2C[C@H](CO)[C@H]3OC(C)(C)O[C@H]32)n1. The number of aliphatic hydroxyl groups is 1. The van der Waals surface area contributed by atoms with E-state index in [1.165, 1.54) is 0 Å². The third kappa shape index (κ3) is 4.48. The van der Waals surface area contributed by atoms with Crippen LogP contribution in [0.2, 0.25) is 0 Å². The van der Waals surface area contributed by atoms with Gasteiger partial charge in [-0.2, -0.15) is 4.98 Å². The number of ether oxygens (including phenoxy) is 2. The second-order valence-electron chi connectivity index (χ2n) is 9.37. The molecule has 4 N–H and O–H groups in total. The Balaban J connectivity index is 1.52. The van der Waals surface area contributed by atoms with Crippen LogP contribution < -0.4 is 16.0 Å². The summed E-state index contributed by atoms with van der Waals surface area (Å²) in [5.74, 6) is 0.609. The van der Waals surface area contributed by atoms with Crippen molar-refractivity contribution in [2.75, 3.05) is 37.4 Å². The normalized spacial score (nSPS) is 25.6. The molecular weight excluding hydrogens is 452 g/mol. The number of aryl methyl sites for hydroxylation is 1. The molecule has 1 saturated heterocycles. The number of aliphatic hydroxyl groups excluding tert-OH is 1. The van der Waals surface area contributed by atoms with Gasteiger partial charge >= 0.3 is 0 Å². The maximum absolute atomic E-state index is 9.98. The van der Waals surface area contributed by atoms with Crippen molar-refractivity contribution in [1.82, 2.24) is 20.3 Å². The van der Waals surface area contributed by atoms with E-state index in [-0.39, 0.29) is 30.8 Å².